The van der Waals surface area contributed by atoms with Crippen molar-refractivity contribution in [1.29, 1.82) is 0 Å². The maximum absolute atomic E-state index is 12.1. The molecule has 7 heteroatoms. The predicted molar refractivity (Wildman–Crippen MR) is 92.3 cm³/mol. The van der Waals surface area contributed by atoms with Gasteiger partial charge in [-0.3, -0.25) is 4.79 Å². The maximum atomic E-state index is 12.1. The van der Waals surface area contributed by atoms with Crippen LogP contribution in [0, 0.1) is 0 Å². The molecule has 0 atom stereocenters. The van der Waals surface area contributed by atoms with Crippen LogP contribution in [-0.4, -0.2) is 34.0 Å². The first-order valence-electron chi connectivity index (χ1n) is 7.82. The molecule has 0 bridgehead atoms. The summed E-state index contributed by atoms with van der Waals surface area (Å²) in [5.41, 5.74) is 1.53. The Kier molecular flexibility index (Phi) is 8.22. The molecule has 0 aliphatic rings. The van der Waals surface area contributed by atoms with Gasteiger partial charge in [0.25, 0.3) is 0 Å². The van der Waals surface area contributed by atoms with Crippen LogP contribution in [0.5, 0.6) is 0 Å². The Morgan fingerprint density at radius 2 is 1.83 bits per heavy atom. The van der Waals surface area contributed by atoms with E-state index in [2.05, 4.69) is 15.4 Å². The summed E-state index contributed by atoms with van der Waals surface area (Å²) >= 11 is 0. The largest absolute Gasteiger partial charge is 0.352 e. The monoisotopic (exact) mass is 341 g/mol. The van der Waals surface area contributed by atoms with Gasteiger partial charge in [0, 0.05) is 19.0 Å². The summed E-state index contributed by atoms with van der Waals surface area (Å²) < 4.78 is 26.7. The van der Waals surface area contributed by atoms with Gasteiger partial charge >= 0.3 is 0 Å². The summed E-state index contributed by atoms with van der Waals surface area (Å²) in [6.45, 7) is 4.71. The van der Waals surface area contributed by atoms with E-state index in [-0.39, 0.29) is 17.7 Å². The third-order valence-corrected chi connectivity index (χ3v) is 4.71. The molecular weight excluding hydrogens is 314 g/mol. The number of sulfonamides is 1. The van der Waals surface area contributed by atoms with Crippen molar-refractivity contribution in [3.05, 3.63) is 35.4 Å². The summed E-state index contributed by atoms with van der Waals surface area (Å²) in [4.78, 5) is 11.8. The molecule has 0 fully saturated rings. The van der Waals surface area contributed by atoms with Gasteiger partial charge in [-0.15, -0.1) is 0 Å². The van der Waals surface area contributed by atoms with E-state index in [4.69, 9.17) is 0 Å². The topological polar surface area (TPSA) is 87.3 Å². The fourth-order valence-corrected chi connectivity index (χ4v) is 3.68. The highest BCUT2D eigenvalue weighted by Gasteiger charge is 2.15. The van der Waals surface area contributed by atoms with Crippen molar-refractivity contribution in [1.82, 2.24) is 15.4 Å². The van der Waals surface area contributed by atoms with Gasteiger partial charge in [-0.25, -0.2) is 13.1 Å². The van der Waals surface area contributed by atoms with E-state index >= 15 is 0 Å². The molecule has 0 aliphatic carbocycles. The Morgan fingerprint density at radius 1 is 1.17 bits per heavy atom. The van der Waals surface area contributed by atoms with E-state index in [9.17, 15) is 13.2 Å². The quantitative estimate of drug-likeness (QED) is 0.557. The van der Waals surface area contributed by atoms with Gasteiger partial charge in [-0.1, -0.05) is 24.3 Å². The van der Waals surface area contributed by atoms with Crippen LogP contribution in [0.15, 0.2) is 24.3 Å². The van der Waals surface area contributed by atoms with Crippen LogP contribution in [0.1, 0.15) is 37.8 Å². The van der Waals surface area contributed by atoms with Gasteiger partial charge in [0.1, 0.15) is 0 Å². The summed E-state index contributed by atoms with van der Waals surface area (Å²) in [6.07, 6.45) is 1.23. The van der Waals surface area contributed by atoms with Crippen molar-refractivity contribution >= 4 is 15.9 Å². The summed E-state index contributed by atoms with van der Waals surface area (Å²) in [6, 6.07) is 7.13. The summed E-state index contributed by atoms with van der Waals surface area (Å²) in [7, 11) is -1.54. The van der Waals surface area contributed by atoms with Crippen LogP contribution in [0.25, 0.3) is 0 Å². The molecule has 0 unspecified atom stereocenters. The lowest BCUT2D eigenvalue weighted by Gasteiger charge is -2.13. The molecule has 0 heterocycles. The zero-order chi connectivity index (χ0) is 17.3. The van der Waals surface area contributed by atoms with E-state index < -0.39 is 10.0 Å². The fraction of sp³-hybridized carbons (Fsp3) is 0.562. The third kappa shape index (κ3) is 8.11. The van der Waals surface area contributed by atoms with Crippen LogP contribution < -0.4 is 15.4 Å². The van der Waals surface area contributed by atoms with Crippen molar-refractivity contribution in [2.24, 2.45) is 0 Å². The minimum atomic E-state index is -3.38. The second-order valence-electron chi connectivity index (χ2n) is 5.78. The van der Waals surface area contributed by atoms with Gasteiger partial charge in [0.05, 0.1) is 5.75 Å². The van der Waals surface area contributed by atoms with Gasteiger partial charge < -0.3 is 10.6 Å². The molecule has 0 saturated carbocycles. The van der Waals surface area contributed by atoms with E-state index in [0.29, 0.717) is 18.5 Å². The molecule has 1 amide bonds. The Balaban J connectivity index is 2.65. The SMILES string of the molecule is CNCCCC(=O)NCc1ccccc1CS(=O)(=O)NC(C)C. The first-order valence-corrected chi connectivity index (χ1v) is 9.47. The fourth-order valence-electron chi connectivity index (χ4n) is 2.18. The van der Waals surface area contributed by atoms with E-state index in [1.54, 1.807) is 26.0 Å². The summed E-state index contributed by atoms with van der Waals surface area (Å²) in [5.74, 6) is -0.116. The highest BCUT2D eigenvalue weighted by Crippen LogP contribution is 2.12. The molecule has 0 spiro atoms. The number of hydrogen-bond donors (Lipinski definition) is 3. The first-order chi connectivity index (χ1) is 10.8. The minimum absolute atomic E-state index is 0.0294. The van der Waals surface area contributed by atoms with Gasteiger partial charge in [0.2, 0.25) is 15.9 Å². The van der Waals surface area contributed by atoms with Gasteiger partial charge in [0.15, 0.2) is 0 Å². The normalized spacial score (nSPS) is 11.7. The van der Waals surface area contributed by atoms with Crippen LogP contribution >= 0.6 is 0 Å². The molecule has 0 saturated heterocycles. The molecule has 1 rings (SSSR count). The van der Waals surface area contributed by atoms with Crippen LogP contribution in [0.3, 0.4) is 0 Å². The highest BCUT2D eigenvalue weighted by molar-refractivity contribution is 7.88. The molecule has 0 radical (unpaired) electrons. The smallest absolute Gasteiger partial charge is 0.220 e. The number of carbonyl (C=O) groups is 1. The number of rotatable bonds is 10. The van der Waals surface area contributed by atoms with Crippen LogP contribution in [0.2, 0.25) is 0 Å². The number of benzene rings is 1. The Morgan fingerprint density at radius 3 is 2.43 bits per heavy atom. The lowest BCUT2D eigenvalue weighted by atomic mass is 10.1. The lowest BCUT2D eigenvalue weighted by molar-refractivity contribution is -0.121. The zero-order valence-electron chi connectivity index (χ0n) is 14.1. The van der Waals surface area contributed by atoms with E-state index in [0.717, 1.165) is 18.5 Å². The minimum Gasteiger partial charge on any atom is -0.352 e. The predicted octanol–water partition coefficient (Wildman–Crippen LogP) is 1.13. The Hall–Kier alpha value is -1.44. The van der Waals surface area contributed by atoms with Crippen LogP contribution in [-0.2, 0) is 27.1 Å². The molecule has 1 aromatic rings. The number of carbonyl (C=O) groups excluding carboxylic acids is 1. The Labute approximate surface area is 139 Å². The molecule has 0 aliphatic heterocycles. The van der Waals surface area contributed by atoms with Crippen molar-refractivity contribution in [3.63, 3.8) is 0 Å². The van der Waals surface area contributed by atoms with Crippen molar-refractivity contribution in [3.8, 4) is 0 Å². The number of amides is 1. The molecule has 1 aromatic carbocycles. The molecule has 3 N–H and O–H groups in total. The van der Waals surface area contributed by atoms with E-state index in [1.807, 2.05) is 19.2 Å². The molecule has 23 heavy (non-hydrogen) atoms. The zero-order valence-corrected chi connectivity index (χ0v) is 14.9. The van der Waals surface area contributed by atoms with Gasteiger partial charge in [-0.2, -0.15) is 0 Å². The number of nitrogens with one attached hydrogen (secondary N) is 3. The van der Waals surface area contributed by atoms with Crippen molar-refractivity contribution in [2.75, 3.05) is 13.6 Å². The first kappa shape index (κ1) is 19.6. The second-order valence-corrected chi connectivity index (χ2v) is 7.54. The van der Waals surface area contributed by atoms with Crippen molar-refractivity contribution < 1.29 is 13.2 Å². The summed E-state index contributed by atoms with van der Waals surface area (Å²) in [5, 5.41) is 5.84. The Bertz CT molecular complexity index is 600. The molecule has 130 valence electrons. The average Bonchev–Trinajstić information content (AvgIpc) is 2.45. The second kappa shape index (κ2) is 9.64. The highest BCUT2D eigenvalue weighted by atomic mass is 32.2. The lowest BCUT2D eigenvalue weighted by Crippen LogP contribution is -2.32. The number of hydrogen-bond acceptors (Lipinski definition) is 4. The maximum Gasteiger partial charge on any atom is 0.220 e. The molecule has 0 aromatic heterocycles. The third-order valence-electron chi connectivity index (χ3n) is 3.19. The average molecular weight is 341 g/mol. The van der Waals surface area contributed by atoms with E-state index in [1.165, 1.54) is 0 Å². The van der Waals surface area contributed by atoms with Crippen molar-refractivity contribution in [2.45, 2.75) is 45.0 Å². The molecule has 6 nitrogen and oxygen atoms in total. The van der Waals surface area contributed by atoms with Gasteiger partial charge in [-0.05, 0) is 45.0 Å². The standard InChI is InChI=1S/C16H27N3O3S/c1-13(2)19-23(21,22)12-15-8-5-4-7-14(15)11-18-16(20)9-6-10-17-3/h4-5,7-8,13,17,19H,6,9-12H2,1-3H3,(H,18,20). The molecular formula is C16H27N3O3S. The van der Waals surface area contributed by atoms with Crippen LogP contribution in [0.4, 0.5) is 0 Å².